The zero-order valence-electron chi connectivity index (χ0n) is 12.5. The van der Waals surface area contributed by atoms with E-state index >= 15 is 0 Å². The monoisotopic (exact) mass is 296 g/mol. The summed E-state index contributed by atoms with van der Waals surface area (Å²) in [5, 5.41) is 11.6. The highest BCUT2D eigenvalue weighted by atomic mass is 19.1. The van der Waals surface area contributed by atoms with E-state index in [0.29, 0.717) is 6.42 Å². The van der Waals surface area contributed by atoms with Gasteiger partial charge in [-0.05, 0) is 31.4 Å². The van der Waals surface area contributed by atoms with Gasteiger partial charge in [0.2, 0.25) is 0 Å². The van der Waals surface area contributed by atoms with Crippen molar-refractivity contribution in [3.8, 4) is 0 Å². The maximum Gasteiger partial charge on any atom is 0.326 e. The smallest absolute Gasteiger partial charge is 0.326 e. The number of halogens is 1. The Balaban J connectivity index is 2.88. The average Bonchev–Trinajstić information content (AvgIpc) is 2.40. The molecule has 0 bridgehead atoms. The lowest BCUT2D eigenvalue weighted by molar-refractivity contribution is -0.139. The number of rotatable bonds is 6. The molecule has 0 aliphatic rings. The van der Waals surface area contributed by atoms with Crippen LogP contribution in [0.25, 0.3) is 0 Å². The lowest BCUT2D eigenvalue weighted by atomic mass is 10.0. The van der Waals surface area contributed by atoms with Gasteiger partial charge in [-0.15, -0.1) is 0 Å². The van der Waals surface area contributed by atoms with Gasteiger partial charge in [0.1, 0.15) is 11.9 Å². The molecule has 1 aromatic rings. The number of hydrogen-bond acceptors (Lipinski definition) is 2. The Hall–Kier alpha value is -2.11. The Labute approximate surface area is 123 Å². The van der Waals surface area contributed by atoms with Crippen molar-refractivity contribution < 1.29 is 19.1 Å². The maximum absolute atomic E-state index is 13.8. The fourth-order valence-electron chi connectivity index (χ4n) is 2.01. The van der Waals surface area contributed by atoms with E-state index in [2.05, 4.69) is 5.32 Å². The van der Waals surface area contributed by atoms with Crippen LogP contribution >= 0.6 is 0 Å². The Kier molecular flexibility index (Phi) is 6.14. The van der Waals surface area contributed by atoms with Crippen molar-refractivity contribution in [2.24, 2.45) is 5.92 Å². The molecule has 1 atom stereocenters. The number of aliphatic carboxylic acids is 1. The molecule has 2 N–H and O–H groups in total. The highest BCUT2D eigenvalue weighted by Gasteiger charge is 2.25. The van der Waals surface area contributed by atoms with E-state index in [4.69, 9.17) is 5.11 Å². The molecule has 0 aromatic heterocycles. The number of carbonyl (C=O) groups excluding carboxylic acids is 1. The number of benzene rings is 1. The molecule has 6 heteroatoms. The molecule has 1 rings (SSSR count). The zero-order valence-corrected chi connectivity index (χ0v) is 12.5. The summed E-state index contributed by atoms with van der Waals surface area (Å²) in [6.45, 7) is 5.68. The fourth-order valence-corrected chi connectivity index (χ4v) is 2.01. The minimum Gasteiger partial charge on any atom is -0.480 e. The normalized spacial score (nSPS) is 12.0. The van der Waals surface area contributed by atoms with Gasteiger partial charge in [0, 0.05) is 6.54 Å². The molecule has 0 aliphatic heterocycles. The van der Waals surface area contributed by atoms with E-state index in [9.17, 15) is 14.0 Å². The molecule has 0 radical (unpaired) electrons. The van der Waals surface area contributed by atoms with Gasteiger partial charge < -0.3 is 10.4 Å². The van der Waals surface area contributed by atoms with E-state index < -0.39 is 23.9 Å². The van der Waals surface area contributed by atoms with E-state index in [1.54, 1.807) is 13.0 Å². The molecule has 0 saturated heterocycles. The summed E-state index contributed by atoms with van der Waals surface area (Å²) in [4.78, 5) is 24.6. The number of carboxylic acids is 1. The van der Waals surface area contributed by atoms with Gasteiger partial charge in [0.15, 0.2) is 0 Å². The quantitative estimate of drug-likeness (QED) is 0.848. The van der Waals surface area contributed by atoms with Crippen LogP contribution in [0.15, 0.2) is 24.3 Å². The number of urea groups is 1. The van der Waals surface area contributed by atoms with E-state index in [0.717, 1.165) is 0 Å². The fraction of sp³-hybridized carbons (Fsp3) is 0.467. The number of para-hydroxylation sites is 1. The molecule has 116 valence electrons. The first-order chi connectivity index (χ1) is 9.86. The third-order valence-electron chi connectivity index (χ3n) is 3.01. The van der Waals surface area contributed by atoms with Crippen LogP contribution in [0.3, 0.4) is 0 Å². The van der Waals surface area contributed by atoms with Gasteiger partial charge in [-0.3, -0.25) is 4.90 Å². The topological polar surface area (TPSA) is 69.6 Å². The van der Waals surface area contributed by atoms with Gasteiger partial charge in [-0.2, -0.15) is 0 Å². The van der Waals surface area contributed by atoms with Crippen molar-refractivity contribution >= 4 is 17.7 Å². The number of amides is 2. The minimum atomic E-state index is -1.10. The number of carboxylic acid groups (broad SMARTS) is 1. The third kappa shape index (κ3) is 4.73. The van der Waals surface area contributed by atoms with Crippen molar-refractivity contribution in [1.82, 2.24) is 5.32 Å². The number of anilines is 1. The van der Waals surface area contributed by atoms with E-state index in [1.807, 2.05) is 13.8 Å². The molecular weight excluding hydrogens is 275 g/mol. The lowest BCUT2D eigenvalue weighted by Crippen LogP contribution is -2.48. The van der Waals surface area contributed by atoms with Crippen molar-refractivity contribution in [3.05, 3.63) is 30.1 Å². The first-order valence-corrected chi connectivity index (χ1v) is 6.92. The first-order valence-electron chi connectivity index (χ1n) is 6.92. The van der Waals surface area contributed by atoms with Gasteiger partial charge in [0.05, 0.1) is 5.69 Å². The average molecular weight is 296 g/mol. The molecule has 1 aromatic carbocycles. The standard InChI is InChI=1S/C15H21FN2O3/c1-4-18(13-8-6-5-7-11(13)16)15(21)17-12(14(19)20)9-10(2)3/h5-8,10,12H,4,9H2,1-3H3,(H,17,21)(H,19,20). The van der Waals surface area contributed by atoms with Crippen LogP contribution < -0.4 is 10.2 Å². The number of nitrogens with one attached hydrogen (secondary N) is 1. The van der Waals surface area contributed by atoms with Crippen LogP contribution in [-0.4, -0.2) is 29.7 Å². The zero-order chi connectivity index (χ0) is 16.0. The second-order valence-corrected chi connectivity index (χ2v) is 5.17. The van der Waals surface area contributed by atoms with Crippen molar-refractivity contribution in [2.75, 3.05) is 11.4 Å². The molecule has 0 aliphatic carbocycles. The van der Waals surface area contributed by atoms with Crippen LogP contribution in [0.2, 0.25) is 0 Å². The van der Waals surface area contributed by atoms with Gasteiger partial charge in [-0.1, -0.05) is 26.0 Å². The molecule has 0 fully saturated rings. The summed E-state index contributed by atoms with van der Waals surface area (Å²) >= 11 is 0. The molecule has 1 unspecified atom stereocenters. The Morgan fingerprint density at radius 1 is 1.33 bits per heavy atom. The van der Waals surface area contributed by atoms with Gasteiger partial charge in [-0.25, -0.2) is 14.0 Å². The Bertz CT molecular complexity index is 505. The van der Waals surface area contributed by atoms with Gasteiger partial charge >= 0.3 is 12.0 Å². The van der Waals surface area contributed by atoms with E-state index in [1.165, 1.54) is 23.1 Å². The SMILES string of the molecule is CCN(C(=O)NC(CC(C)C)C(=O)O)c1ccccc1F. The van der Waals surface area contributed by atoms with Crippen LogP contribution in [-0.2, 0) is 4.79 Å². The molecule has 21 heavy (non-hydrogen) atoms. The summed E-state index contributed by atoms with van der Waals surface area (Å²) < 4.78 is 13.8. The molecular formula is C15H21FN2O3. The number of carbonyl (C=O) groups is 2. The second-order valence-electron chi connectivity index (χ2n) is 5.17. The summed E-state index contributed by atoms with van der Waals surface area (Å²) in [7, 11) is 0. The minimum absolute atomic E-state index is 0.120. The molecule has 0 saturated carbocycles. The lowest BCUT2D eigenvalue weighted by Gasteiger charge is -2.25. The summed E-state index contributed by atoms with van der Waals surface area (Å²) in [5.41, 5.74) is 0.131. The van der Waals surface area contributed by atoms with Crippen molar-refractivity contribution in [2.45, 2.75) is 33.2 Å². The highest BCUT2D eigenvalue weighted by Crippen LogP contribution is 2.18. The van der Waals surface area contributed by atoms with Crippen LogP contribution in [0, 0.1) is 11.7 Å². The van der Waals surface area contributed by atoms with Crippen LogP contribution in [0.5, 0.6) is 0 Å². The molecule has 0 spiro atoms. The Morgan fingerprint density at radius 2 is 1.95 bits per heavy atom. The summed E-state index contributed by atoms with van der Waals surface area (Å²) in [6.07, 6.45) is 0.315. The van der Waals surface area contributed by atoms with Crippen LogP contribution in [0.1, 0.15) is 27.2 Å². The number of hydrogen-bond donors (Lipinski definition) is 2. The first kappa shape index (κ1) is 16.9. The maximum atomic E-state index is 13.8. The largest absolute Gasteiger partial charge is 0.480 e. The molecule has 5 nitrogen and oxygen atoms in total. The van der Waals surface area contributed by atoms with Crippen molar-refractivity contribution in [1.29, 1.82) is 0 Å². The van der Waals surface area contributed by atoms with Crippen molar-refractivity contribution in [3.63, 3.8) is 0 Å². The molecule has 2 amide bonds. The summed E-state index contributed by atoms with van der Waals surface area (Å²) in [5.74, 6) is -1.50. The third-order valence-corrected chi connectivity index (χ3v) is 3.01. The van der Waals surface area contributed by atoms with Crippen LogP contribution in [0.4, 0.5) is 14.9 Å². The molecule has 0 heterocycles. The Morgan fingerprint density at radius 3 is 2.43 bits per heavy atom. The predicted molar refractivity (Wildman–Crippen MR) is 78.8 cm³/mol. The van der Waals surface area contributed by atoms with E-state index in [-0.39, 0.29) is 18.2 Å². The summed E-state index contributed by atoms with van der Waals surface area (Å²) in [6, 6.07) is 4.29. The number of nitrogens with zero attached hydrogens (tertiary/aromatic N) is 1. The van der Waals surface area contributed by atoms with Gasteiger partial charge in [0.25, 0.3) is 0 Å². The predicted octanol–water partition coefficient (Wildman–Crippen LogP) is 2.86. The highest BCUT2D eigenvalue weighted by molar-refractivity contribution is 5.94. The second kappa shape index (κ2) is 7.61.